The van der Waals surface area contributed by atoms with Crippen molar-refractivity contribution in [3.63, 3.8) is 0 Å². The van der Waals surface area contributed by atoms with Crippen molar-refractivity contribution in [1.82, 2.24) is 9.88 Å². The number of nitrogen functional groups attached to an aromatic ring is 1. The molecule has 2 amide bonds. The molecule has 0 atom stereocenters. The maximum Gasteiger partial charge on any atom is 0.231 e. The molecule has 98 valence electrons. The summed E-state index contributed by atoms with van der Waals surface area (Å²) in [5.41, 5.74) is 13.4. The molecule has 0 fully saturated rings. The van der Waals surface area contributed by atoms with E-state index in [1.807, 2.05) is 0 Å². The second-order valence-electron chi connectivity index (χ2n) is 3.77. The Kier molecular flexibility index (Phi) is 5.03. The highest BCUT2D eigenvalue weighted by Gasteiger charge is 2.11. The first-order valence-corrected chi connectivity index (χ1v) is 5.21. The lowest BCUT2D eigenvalue weighted by atomic mass is 10.2. The number of hydrazine groups is 1. The Morgan fingerprint density at radius 3 is 2.22 bits per heavy atom. The molecule has 18 heavy (non-hydrogen) atoms. The second-order valence-corrected chi connectivity index (χ2v) is 3.77. The van der Waals surface area contributed by atoms with E-state index in [0.717, 1.165) is 5.56 Å². The first-order valence-electron chi connectivity index (χ1n) is 5.21. The van der Waals surface area contributed by atoms with Crippen molar-refractivity contribution >= 4 is 17.6 Å². The highest BCUT2D eigenvalue weighted by Crippen LogP contribution is 2.06. The molecule has 0 aliphatic heterocycles. The van der Waals surface area contributed by atoms with Crippen LogP contribution in [0, 0.1) is 0 Å². The normalized spacial score (nSPS) is 10.3. The highest BCUT2D eigenvalue weighted by atomic mass is 16.2. The molecule has 0 radical (unpaired) electrons. The Morgan fingerprint density at radius 2 is 1.83 bits per heavy atom. The van der Waals surface area contributed by atoms with E-state index in [1.54, 1.807) is 18.3 Å². The summed E-state index contributed by atoms with van der Waals surface area (Å²) in [7, 11) is 0. The van der Waals surface area contributed by atoms with Crippen molar-refractivity contribution in [3.05, 3.63) is 23.9 Å². The third-order valence-electron chi connectivity index (χ3n) is 2.14. The lowest BCUT2D eigenvalue weighted by Crippen LogP contribution is -2.39. The van der Waals surface area contributed by atoms with Gasteiger partial charge in [-0.05, 0) is 11.6 Å². The Hall–Kier alpha value is -2.19. The Labute approximate surface area is 104 Å². The topological polar surface area (TPSA) is 140 Å². The van der Waals surface area contributed by atoms with Crippen LogP contribution in [-0.4, -0.2) is 34.8 Å². The fraction of sp³-hybridized carbons (Fsp3) is 0.300. The van der Waals surface area contributed by atoms with Gasteiger partial charge in [-0.25, -0.2) is 10.8 Å². The van der Waals surface area contributed by atoms with E-state index in [1.165, 1.54) is 4.90 Å². The number of carbonyl (C=O) groups is 2. The van der Waals surface area contributed by atoms with E-state index in [0.29, 0.717) is 12.4 Å². The van der Waals surface area contributed by atoms with E-state index in [2.05, 4.69) is 10.4 Å². The van der Waals surface area contributed by atoms with Crippen molar-refractivity contribution in [2.75, 3.05) is 18.5 Å². The molecule has 1 aromatic heterocycles. The van der Waals surface area contributed by atoms with Crippen LogP contribution >= 0.6 is 0 Å². The zero-order valence-electron chi connectivity index (χ0n) is 9.80. The molecule has 0 unspecified atom stereocenters. The van der Waals surface area contributed by atoms with Crippen LogP contribution in [0.15, 0.2) is 18.3 Å². The van der Waals surface area contributed by atoms with Crippen molar-refractivity contribution < 1.29 is 9.59 Å². The number of nitrogens with one attached hydrogen (secondary N) is 1. The van der Waals surface area contributed by atoms with Crippen LogP contribution in [0.25, 0.3) is 0 Å². The summed E-state index contributed by atoms with van der Waals surface area (Å²) >= 11 is 0. The number of primary amides is 2. The molecule has 0 aromatic carbocycles. The SMILES string of the molecule is NNc1ccc(CN(CC(N)=O)CC(N)=O)cn1. The predicted molar refractivity (Wildman–Crippen MR) is 65.7 cm³/mol. The van der Waals surface area contributed by atoms with Crippen molar-refractivity contribution in [2.24, 2.45) is 17.3 Å². The zero-order chi connectivity index (χ0) is 13.5. The Morgan fingerprint density at radius 1 is 1.22 bits per heavy atom. The van der Waals surface area contributed by atoms with Gasteiger partial charge in [-0.15, -0.1) is 0 Å². The standard InChI is InChI=1S/C10H16N6O2/c11-8(17)5-16(6-9(12)18)4-7-1-2-10(15-13)14-3-7/h1-3H,4-6,13H2,(H2,11,17)(H2,12,18)(H,14,15). The summed E-state index contributed by atoms with van der Waals surface area (Å²) in [5.74, 6) is 4.66. The summed E-state index contributed by atoms with van der Waals surface area (Å²) in [4.78, 5) is 27.3. The Bertz CT molecular complexity index is 403. The van der Waals surface area contributed by atoms with Crippen molar-refractivity contribution in [3.8, 4) is 0 Å². The average Bonchev–Trinajstić information content (AvgIpc) is 2.28. The van der Waals surface area contributed by atoms with E-state index in [-0.39, 0.29) is 13.1 Å². The predicted octanol–water partition coefficient (Wildman–Crippen LogP) is -1.86. The van der Waals surface area contributed by atoms with Crippen LogP contribution in [-0.2, 0) is 16.1 Å². The monoisotopic (exact) mass is 252 g/mol. The maximum atomic E-state index is 10.9. The van der Waals surface area contributed by atoms with Gasteiger partial charge in [0.1, 0.15) is 5.82 Å². The molecule has 7 N–H and O–H groups in total. The lowest BCUT2D eigenvalue weighted by molar-refractivity contribution is -0.122. The van der Waals surface area contributed by atoms with Gasteiger partial charge in [0.2, 0.25) is 11.8 Å². The summed E-state index contributed by atoms with van der Waals surface area (Å²) in [6, 6.07) is 3.46. The minimum atomic E-state index is -0.524. The van der Waals surface area contributed by atoms with Gasteiger partial charge in [0.15, 0.2) is 0 Å². The van der Waals surface area contributed by atoms with Crippen LogP contribution in [0.1, 0.15) is 5.56 Å². The molecule has 8 heteroatoms. The molecule has 0 saturated heterocycles. The number of anilines is 1. The van der Waals surface area contributed by atoms with Gasteiger partial charge in [-0.2, -0.15) is 0 Å². The quantitative estimate of drug-likeness (QED) is 0.331. The molecule has 8 nitrogen and oxygen atoms in total. The lowest BCUT2D eigenvalue weighted by Gasteiger charge is -2.18. The largest absolute Gasteiger partial charge is 0.369 e. The van der Waals surface area contributed by atoms with Gasteiger partial charge in [-0.3, -0.25) is 14.5 Å². The number of nitrogens with two attached hydrogens (primary N) is 3. The number of rotatable bonds is 7. The van der Waals surface area contributed by atoms with Gasteiger partial charge in [0.25, 0.3) is 0 Å². The minimum absolute atomic E-state index is 0.0418. The van der Waals surface area contributed by atoms with Gasteiger partial charge >= 0.3 is 0 Å². The smallest absolute Gasteiger partial charge is 0.231 e. The summed E-state index contributed by atoms with van der Waals surface area (Å²) in [6.07, 6.45) is 1.59. The van der Waals surface area contributed by atoms with Crippen LogP contribution < -0.4 is 22.7 Å². The number of hydrogen-bond donors (Lipinski definition) is 4. The third kappa shape index (κ3) is 4.76. The van der Waals surface area contributed by atoms with E-state index >= 15 is 0 Å². The van der Waals surface area contributed by atoms with Crippen LogP contribution in [0.5, 0.6) is 0 Å². The van der Waals surface area contributed by atoms with Gasteiger partial charge in [0, 0.05) is 12.7 Å². The molecule has 0 aliphatic rings. The zero-order valence-corrected chi connectivity index (χ0v) is 9.80. The summed E-state index contributed by atoms with van der Waals surface area (Å²) in [5, 5.41) is 0. The number of nitrogens with zero attached hydrogens (tertiary/aromatic N) is 2. The van der Waals surface area contributed by atoms with Crippen LogP contribution in [0.4, 0.5) is 5.82 Å². The molecule has 1 aromatic rings. The number of carbonyl (C=O) groups excluding carboxylic acids is 2. The van der Waals surface area contributed by atoms with Gasteiger partial charge in [0.05, 0.1) is 13.1 Å². The average molecular weight is 252 g/mol. The van der Waals surface area contributed by atoms with Crippen LogP contribution in [0.2, 0.25) is 0 Å². The van der Waals surface area contributed by atoms with E-state index < -0.39 is 11.8 Å². The first kappa shape index (κ1) is 13.9. The third-order valence-corrected chi connectivity index (χ3v) is 2.14. The molecule has 1 heterocycles. The molecule has 0 spiro atoms. The molecule has 1 rings (SSSR count). The fourth-order valence-corrected chi connectivity index (χ4v) is 1.47. The minimum Gasteiger partial charge on any atom is -0.369 e. The Balaban J connectivity index is 2.68. The van der Waals surface area contributed by atoms with Gasteiger partial charge in [-0.1, -0.05) is 6.07 Å². The highest BCUT2D eigenvalue weighted by molar-refractivity contribution is 5.79. The first-order chi connectivity index (χ1) is 8.51. The number of hydrogen-bond acceptors (Lipinski definition) is 6. The fourth-order valence-electron chi connectivity index (χ4n) is 1.47. The molecule has 0 bridgehead atoms. The second kappa shape index (κ2) is 6.52. The molecule has 0 aliphatic carbocycles. The van der Waals surface area contributed by atoms with E-state index in [9.17, 15) is 9.59 Å². The summed E-state index contributed by atoms with van der Waals surface area (Å²) in [6.45, 7) is 0.267. The molecular weight excluding hydrogens is 236 g/mol. The van der Waals surface area contributed by atoms with Gasteiger partial charge < -0.3 is 16.9 Å². The van der Waals surface area contributed by atoms with Crippen molar-refractivity contribution in [1.29, 1.82) is 0 Å². The number of amides is 2. The van der Waals surface area contributed by atoms with Crippen LogP contribution in [0.3, 0.4) is 0 Å². The number of aromatic nitrogens is 1. The maximum absolute atomic E-state index is 10.9. The molecular formula is C10H16N6O2. The van der Waals surface area contributed by atoms with Crippen molar-refractivity contribution in [2.45, 2.75) is 6.54 Å². The van der Waals surface area contributed by atoms with E-state index in [4.69, 9.17) is 17.3 Å². The summed E-state index contributed by atoms with van der Waals surface area (Å²) < 4.78 is 0. The molecule has 0 saturated carbocycles. The number of pyridine rings is 1.